The van der Waals surface area contributed by atoms with E-state index in [0.717, 1.165) is 44.4 Å². The van der Waals surface area contributed by atoms with E-state index in [1.54, 1.807) is 0 Å². The Morgan fingerprint density at radius 1 is 0.625 bits per heavy atom. The lowest BCUT2D eigenvalue weighted by molar-refractivity contribution is -0.00465. The van der Waals surface area contributed by atoms with E-state index in [2.05, 4.69) is 4.18 Å². The molecule has 0 aliphatic heterocycles. The largest absolute Gasteiger partial charge is 0.379 e. The molecule has 0 bridgehead atoms. The van der Waals surface area contributed by atoms with Crippen LogP contribution in [0, 0.1) is 0 Å². The van der Waals surface area contributed by atoms with Gasteiger partial charge in [0.15, 0.2) is 0 Å². The van der Waals surface area contributed by atoms with Crippen LogP contribution < -0.4 is 0 Å². The van der Waals surface area contributed by atoms with Gasteiger partial charge in [-0.3, -0.25) is 4.18 Å². The highest BCUT2D eigenvalue weighted by molar-refractivity contribution is 7.85. The molecule has 0 saturated heterocycles. The Balaban J connectivity index is 3.03. The van der Waals surface area contributed by atoms with Gasteiger partial charge in [0, 0.05) is 12.5 Å². The van der Waals surface area contributed by atoms with Crippen molar-refractivity contribution in [2.75, 3.05) is 71.6 Å². The SMILES string of the molecule is CS(=O)(=O)OCCOCCOCCOCCOCCCCCCCl. The highest BCUT2D eigenvalue weighted by atomic mass is 35.5. The van der Waals surface area contributed by atoms with Crippen molar-refractivity contribution in [3.63, 3.8) is 0 Å². The van der Waals surface area contributed by atoms with E-state index in [0.29, 0.717) is 39.6 Å². The van der Waals surface area contributed by atoms with Gasteiger partial charge in [-0.15, -0.1) is 11.6 Å². The number of hydrogen-bond acceptors (Lipinski definition) is 7. The van der Waals surface area contributed by atoms with Crippen LogP contribution in [-0.2, 0) is 33.2 Å². The molecule has 7 nitrogen and oxygen atoms in total. The van der Waals surface area contributed by atoms with E-state index in [4.69, 9.17) is 30.5 Å². The van der Waals surface area contributed by atoms with Crippen LogP contribution in [0.15, 0.2) is 0 Å². The first kappa shape index (κ1) is 24.0. The van der Waals surface area contributed by atoms with Crippen molar-refractivity contribution in [3.8, 4) is 0 Å². The summed E-state index contributed by atoms with van der Waals surface area (Å²) in [5.41, 5.74) is 0. The van der Waals surface area contributed by atoms with Crippen LogP contribution in [0.4, 0.5) is 0 Å². The number of unbranched alkanes of at least 4 members (excludes halogenated alkanes) is 3. The van der Waals surface area contributed by atoms with Crippen molar-refractivity contribution in [1.29, 1.82) is 0 Å². The highest BCUT2D eigenvalue weighted by Gasteiger charge is 2.00. The minimum absolute atomic E-state index is 0.0225. The second kappa shape index (κ2) is 17.8. The first-order valence-electron chi connectivity index (χ1n) is 8.27. The van der Waals surface area contributed by atoms with Gasteiger partial charge in [0.1, 0.15) is 0 Å². The van der Waals surface area contributed by atoms with Crippen LogP contribution in [-0.4, -0.2) is 80.0 Å². The molecule has 0 fully saturated rings. The van der Waals surface area contributed by atoms with Gasteiger partial charge in [0.2, 0.25) is 0 Å². The number of halogens is 1. The van der Waals surface area contributed by atoms with Crippen molar-refractivity contribution in [3.05, 3.63) is 0 Å². The molecule has 0 aromatic carbocycles. The van der Waals surface area contributed by atoms with Crippen molar-refractivity contribution in [1.82, 2.24) is 0 Å². The Hall–Kier alpha value is 0.0400. The maximum absolute atomic E-state index is 10.7. The second-order valence-electron chi connectivity index (χ2n) is 5.08. The molecule has 0 aromatic heterocycles. The summed E-state index contributed by atoms with van der Waals surface area (Å²) in [6.07, 6.45) is 5.46. The first-order chi connectivity index (χ1) is 11.6. The fourth-order valence-electron chi connectivity index (χ4n) is 1.66. The Bertz CT molecular complexity index is 352. The molecule has 0 atom stereocenters. The Morgan fingerprint density at radius 3 is 1.50 bits per heavy atom. The lowest BCUT2D eigenvalue weighted by Gasteiger charge is -2.07. The van der Waals surface area contributed by atoms with Gasteiger partial charge in [-0.05, 0) is 12.8 Å². The first-order valence-corrected chi connectivity index (χ1v) is 10.6. The van der Waals surface area contributed by atoms with Crippen LogP contribution >= 0.6 is 11.6 Å². The minimum Gasteiger partial charge on any atom is -0.379 e. The number of rotatable bonds is 19. The van der Waals surface area contributed by atoms with Crippen LogP contribution in [0.25, 0.3) is 0 Å². The molecule has 0 aliphatic carbocycles. The predicted molar refractivity (Wildman–Crippen MR) is 93.3 cm³/mol. The Labute approximate surface area is 151 Å². The quantitative estimate of drug-likeness (QED) is 0.189. The zero-order valence-corrected chi connectivity index (χ0v) is 16.1. The zero-order valence-electron chi connectivity index (χ0n) is 14.5. The Kier molecular flexibility index (Phi) is 17.9. The van der Waals surface area contributed by atoms with Crippen LogP contribution in [0.2, 0.25) is 0 Å². The molecule has 0 N–H and O–H groups in total. The van der Waals surface area contributed by atoms with Crippen LogP contribution in [0.1, 0.15) is 25.7 Å². The molecule has 146 valence electrons. The average molecular weight is 391 g/mol. The summed E-state index contributed by atoms with van der Waals surface area (Å²) >= 11 is 5.60. The maximum Gasteiger partial charge on any atom is 0.264 e. The molecule has 0 aliphatic rings. The molecule has 0 radical (unpaired) electrons. The number of ether oxygens (including phenoxy) is 4. The summed E-state index contributed by atoms with van der Waals surface area (Å²) in [6.45, 7) is 3.98. The highest BCUT2D eigenvalue weighted by Crippen LogP contribution is 2.01. The van der Waals surface area contributed by atoms with Crippen molar-refractivity contribution < 1.29 is 31.5 Å². The van der Waals surface area contributed by atoms with Gasteiger partial charge in [-0.2, -0.15) is 8.42 Å². The van der Waals surface area contributed by atoms with Crippen LogP contribution in [0.3, 0.4) is 0 Å². The molecule has 0 saturated carbocycles. The molecule has 0 rings (SSSR count). The van der Waals surface area contributed by atoms with Gasteiger partial charge >= 0.3 is 0 Å². The van der Waals surface area contributed by atoms with Crippen molar-refractivity contribution in [2.45, 2.75) is 25.7 Å². The molecule has 0 amide bonds. The molecule has 24 heavy (non-hydrogen) atoms. The minimum atomic E-state index is -3.39. The summed E-state index contributed by atoms with van der Waals surface area (Å²) in [6, 6.07) is 0. The summed E-state index contributed by atoms with van der Waals surface area (Å²) in [7, 11) is -3.39. The van der Waals surface area contributed by atoms with Gasteiger partial charge < -0.3 is 18.9 Å². The average Bonchev–Trinajstić information content (AvgIpc) is 2.52. The number of hydrogen-bond donors (Lipinski definition) is 0. The van der Waals surface area contributed by atoms with Gasteiger partial charge in [-0.1, -0.05) is 12.8 Å². The maximum atomic E-state index is 10.7. The molecule has 9 heteroatoms. The molecular weight excluding hydrogens is 360 g/mol. The van der Waals surface area contributed by atoms with Crippen LogP contribution in [0.5, 0.6) is 0 Å². The van der Waals surface area contributed by atoms with Gasteiger partial charge in [-0.25, -0.2) is 0 Å². The summed E-state index contributed by atoms with van der Waals surface area (Å²) in [4.78, 5) is 0. The van der Waals surface area contributed by atoms with E-state index < -0.39 is 10.1 Å². The third-order valence-electron chi connectivity index (χ3n) is 2.81. The normalized spacial score (nSPS) is 11.9. The summed E-state index contributed by atoms with van der Waals surface area (Å²) in [5.74, 6) is 0.737. The smallest absolute Gasteiger partial charge is 0.264 e. The summed E-state index contributed by atoms with van der Waals surface area (Å²) < 4.78 is 47.1. The van der Waals surface area contributed by atoms with E-state index in [1.807, 2.05) is 0 Å². The molecule has 0 aromatic rings. The predicted octanol–water partition coefficient (Wildman–Crippen LogP) is 1.83. The lowest BCUT2D eigenvalue weighted by Crippen LogP contribution is -2.14. The fourth-order valence-corrected chi connectivity index (χ4v) is 2.22. The number of alkyl halides is 1. The van der Waals surface area contributed by atoms with E-state index in [9.17, 15) is 8.42 Å². The lowest BCUT2D eigenvalue weighted by atomic mass is 10.2. The third kappa shape index (κ3) is 22.0. The van der Waals surface area contributed by atoms with Gasteiger partial charge in [0.05, 0.1) is 59.1 Å². The third-order valence-corrected chi connectivity index (χ3v) is 3.68. The van der Waals surface area contributed by atoms with E-state index in [-0.39, 0.29) is 13.2 Å². The monoisotopic (exact) mass is 390 g/mol. The Morgan fingerprint density at radius 2 is 1.04 bits per heavy atom. The van der Waals surface area contributed by atoms with E-state index in [1.165, 1.54) is 0 Å². The van der Waals surface area contributed by atoms with E-state index >= 15 is 0 Å². The zero-order chi connectivity index (χ0) is 17.9. The second-order valence-corrected chi connectivity index (χ2v) is 7.10. The summed E-state index contributed by atoms with van der Waals surface area (Å²) in [5, 5.41) is 0. The van der Waals surface area contributed by atoms with Crippen molar-refractivity contribution in [2.24, 2.45) is 0 Å². The van der Waals surface area contributed by atoms with Gasteiger partial charge in [0.25, 0.3) is 10.1 Å². The topological polar surface area (TPSA) is 80.3 Å². The molecule has 0 spiro atoms. The molecule has 0 heterocycles. The molecular formula is C15H31ClO7S. The standard InChI is InChI=1S/C15H31ClO7S/c1-24(17,18)23-15-14-22-13-12-21-11-10-20-9-8-19-7-5-3-2-4-6-16/h2-15H2,1H3. The fraction of sp³-hybridized carbons (Fsp3) is 1.00. The molecule has 0 unspecified atom stereocenters. The van der Waals surface area contributed by atoms with Crippen molar-refractivity contribution >= 4 is 21.7 Å².